The Bertz CT molecular complexity index is 719. The van der Waals surface area contributed by atoms with E-state index in [-0.39, 0.29) is 6.61 Å². The van der Waals surface area contributed by atoms with E-state index in [1.54, 1.807) is 6.20 Å². The molecule has 3 N–H and O–H groups in total. The second kappa shape index (κ2) is 5.35. The largest absolute Gasteiger partial charge is 0.392 e. The molecule has 102 valence electrons. The lowest BCUT2D eigenvalue weighted by molar-refractivity contribution is 0.282. The molecule has 0 unspecified atom stereocenters. The number of pyridine rings is 1. The summed E-state index contributed by atoms with van der Waals surface area (Å²) in [6.07, 6.45) is 1.77. The standard InChI is InChI=1S/C16H17N3O/c1-11-14(10-20)13-7-8-17-16(15(13)19-11)18-9-12-5-3-2-4-6-12/h2-8,19-20H,9-10H2,1H3,(H,17,18). The number of aliphatic hydroxyl groups is 1. The monoisotopic (exact) mass is 267 g/mol. The van der Waals surface area contributed by atoms with Crippen LogP contribution in [0.5, 0.6) is 0 Å². The number of H-pyrrole nitrogens is 1. The molecule has 0 saturated heterocycles. The van der Waals surface area contributed by atoms with Crippen LogP contribution >= 0.6 is 0 Å². The Kier molecular flexibility index (Phi) is 3.39. The Morgan fingerprint density at radius 3 is 2.75 bits per heavy atom. The quantitative estimate of drug-likeness (QED) is 0.681. The summed E-state index contributed by atoms with van der Waals surface area (Å²) in [7, 11) is 0. The first-order chi connectivity index (χ1) is 9.79. The fraction of sp³-hybridized carbons (Fsp3) is 0.188. The van der Waals surface area contributed by atoms with E-state index in [4.69, 9.17) is 0 Å². The molecule has 0 spiro atoms. The molecule has 0 saturated carbocycles. The maximum Gasteiger partial charge on any atom is 0.150 e. The van der Waals surface area contributed by atoms with E-state index in [1.807, 2.05) is 31.2 Å². The number of anilines is 1. The molecule has 0 aliphatic heterocycles. The van der Waals surface area contributed by atoms with Crippen molar-refractivity contribution in [2.45, 2.75) is 20.1 Å². The number of aromatic nitrogens is 2. The molecule has 2 aromatic heterocycles. The van der Waals surface area contributed by atoms with Gasteiger partial charge in [-0.15, -0.1) is 0 Å². The van der Waals surface area contributed by atoms with Gasteiger partial charge in [-0.1, -0.05) is 30.3 Å². The minimum atomic E-state index is 0.0357. The summed E-state index contributed by atoms with van der Waals surface area (Å²) in [4.78, 5) is 7.68. The minimum Gasteiger partial charge on any atom is -0.392 e. The molecule has 0 fully saturated rings. The third-order valence-corrected chi connectivity index (χ3v) is 3.50. The average Bonchev–Trinajstić information content (AvgIpc) is 2.82. The van der Waals surface area contributed by atoms with Crippen molar-refractivity contribution in [3.8, 4) is 0 Å². The van der Waals surface area contributed by atoms with Crippen LogP contribution in [0.2, 0.25) is 0 Å². The molecule has 0 bridgehead atoms. The number of hydrogen-bond acceptors (Lipinski definition) is 3. The Labute approximate surface area is 117 Å². The van der Waals surface area contributed by atoms with Gasteiger partial charge < -0.3 is 15.4 Å². The van der Waals surface area contributed by atoms with Gasteiger partial charge in [-0.05, 0) is 18.6 Å². The molecule has 4 heteroatoms. The van der Waals surface area contributed by atoms with Crippen LogP contribution in [0.4, 0.5) is 5.82 Å². The van der Waals surface area contributed by atoms with E-state index in [2.05, 4.69) is 27.4 Å². The highest BCUT2D eigenvalue weighted by molar-refractivity contribution is 5.92. The summed E-state index contributed by atoms with van der Waals surface area (Å²) >= 11 is 0. The first kappa shape index (κ1) is 12.7. The third-order valence-electron chi connectivity index (χ3n) is 3.50. The van der Waals surface area contributed by atoms with Crippen molar-refractivity contribution in [3.05, 3.63) is 59.4 Å². The van der Waals surface area contributed by atoms with Gasteiger partial charge >= 0.3 is 0 Å². The van der Waals surface area contributed by atoms with Gasteiger partial charge in [0, 0.05) is 29.4 Å². The summed E-state index contributed by atoms with van der Waals surface area (Å²) < 4.78 is 0. The van der Waals surface area contributed by atoms with Crippen LogP contribution in [0.25, 0.3) is 10.9 Å². The molecule has 0 radical (unpaired) electrons. The summed E-state index contributed by atoms with van der Waals surface area (Å²) in [6, 6.07) is 12.1. The van der Waals surface area contributed by atoms with Crippen LogP contribution in [0.15, 0.2) is 42.6 Å². The van der Waals surface area contributed by atoms with E-state index >= 15 is 0 Å². The lowest BCUT2D eigenvalue weighted by atomic mass is 10.1. The first-order valence-corrected chi connectivity index (χ1v) is 6.64. The minimum absolute atomic E-state index is 0.0357. The van der Waals surface area contributed by atoms with Gasteiger partial charge in [-0.2, -0.15) is 0 Å². The van der Waals surface area contributed by atoms with Crippen LogP contribution in [0.3, 0.4) is 0 Å². The second-order valence-corrected chi connectivity index (χ2v) is 4.81. The van der Waals surface area contributed by atoms with Crippen molar-refractivity contribution >= 4 is 16.7 Å². The van der Waals surface area contributed by atoms with Gasteiger partial charge in [0.15, 0.2) is 5.82 Å². The topological polar surface area (TPSA) is 60.9 Å². The number of aliphatic hydroxyl groups excluding tert-OH is 1. The average molecular weight is 267 g/mol. The SMILES string of the molecule is Cc1[nH]c2c(NCc3ccccc3)nccc2c1CO. The molecule has 3 aromatic rings. The molecule has 0 aliphatic rings. The first-order valence-electron chi connectivity index (χ1n) is 6.64. The van der Waals surface area contributed by atoms with Gasteiger partial charge in [-0.3, -0.25) is 0 Å². The van der Waals surface area contributed by atoms with Crippen molar-refractivity contribution in [3.63, 3.8) is 0 Å². The maximum atomic E-state index is 9.44. The van der Waals surface area contributed by atoms with Crippen molar-refractivity contribution in [2.75, 3.05) is 5.32 Å². The molecule has 2 heterocycles. The summed E-state index contributed by atoms with van der Waals surface area (Å²) in [6.45, 7) is 2.72. The molecule has 1 aromatic carbocycles. The fourth-order valence-electron chi connectivity index (χ4n) is 2.42. The molecule has 0 amide bonds. The van der Waals surface area contributed by atoms with Crippen molar-refractivity contribution in [1.82, 2.24) is 9.97 Å². The Morgan fingerprint density at radius 1 is 1.20 bits per heavy atom. The smallest absolute Gasteiger partial charge is 0.150 e. The van der Waals surface area contributed by atoms with Crippen LogP contribution < -0.4 is 5.32 Å². The van der Waals surface area contributed by atoms with E-state index in [1.165, 1.54) is 5.56 Å². The van der Waals surface area contributed by atoms with Crippen LogP contribution in [0, 0.1) is 6.92 Å². The van der Waals surface area contributed by atoms with Crippen LogP contribution in [-0.4, -0.2) is 15.1 Å². The molecule has 3 rings (SSSR count). The van der Waals surface area contributed by atoms with Crippen molar-refractivity contribution in [2.24, 2.45) is 0 Å². The van der Waals surface area contributed by atoms with Gasteiger partial charge in [-0.25, -0.2) is 4.98 Å². The fourth-order valence-corrected chi connectivity index (χ4v) is 2.42. The van der Waals surface area contributed by atoms with Gasteiger partial charge in [0.2, 0.25) is 0 Å². The van der Waals surface area contributed by atoms with Crippen LogP contribution in [-0.2, 0) is 13.2 Å². The van der Waals surface area contributed by atoms with E-state index in [0.29, 0.717) is 0 Å². The highest BCUT2D eigenvalue weighted by atomic mass is 16.3. The Balaban J connectivity index is 1.92. The third kappa shape index (κ3) is 2.26. The molecule has 0 aliphatic carbocycles. The molecule has 20 heavy (non-hydrogen) atoms. The zero-order valence-electron chi connectivity index (χ0n) is 11.4. The number of rotatable bonds is 4. The Morgan fingerprint density at radius 2 is 2.00 bits per heavy atom. The van der Waals surface area contributed by atoms with E-state index in [9.17, 15) is 5.11 Å². The number of aryl methyl sites for hydroxylation is 1. The zero-order chi connectivity index (χ0) is 13.9. The predicted octanol–water partition coefficient (Wildman–Crippen LogP) is 2.98. The predicted molar refractivity (Wildman–Crippen MR) is 80.5 cm³/mol. The normalized spacial score (nSPS) is 10.9. The number of benzene rings is 1. The number of nitrogens with one attached hydrogen (secondary N) is 2. The molecule has 0 atom stereocenters. The summed E-state index contributed by atoms with van der Waals surface area (Å²) in [5.41, 5.74) is 4.07. The van der Waals surface area contributed by atoms with Crippen LogP contribution in [0.1, 0.15) is 16.8 Å². The zero-order valence-corrected chi connectivity index (χ0v) is 11.4. The lowest BCUT2D eigenvalue weighted by Crippen LogP contribution is -2.01. The molecule has 4 nitrogen and oxygen atoms in total. The highest BCUT2D eigenvalue weighted by Gasteiger charge is 2.11. The lowest BCUT2D eigenvalue weighted by Gasteiger charge is -2.06. The number of fused-ring (bicyclic) bond motifs is 1. The number of hydrogen-bond donors (Lipinski definition) is 3. The molecular weight excluding hydrogens is 250 g/mol. The maximum absolute atomic E-state index is 9.44. The van der Waals surface area contributed by atoms with Crippen molar-refractivity contribution in [1.29, 1.82) is 0 Å². The highest BCUT2D eigenvalue weighted by Crippen LogP contribution is 2.26. The number of aromatic amines is 1. The molecular formula is C16H17N3O. The second-order valence-electron chi connectivity index (χ2n) is 4.81. The summed E-state index contributed by atoms with van der Waals surface area (Å²) in [5.74, 6) is 0.814. The van der Waals surface area contributed by atoms with Gasteiger partial charge in [0.1, 0.15) is 0 Å². The van der Waals surface area contributed by atoms with Gasteiger partial charge in [0.05, 0.1) is 12.1 Å². The van der Waals surface area contributed by atoms with E-state index in [0.717, 1.165) is 34.5 Å². The van der Waals surface area contributed by atoms with Crippen molar-refractivity contribution < 1.29 is 5.11 Å². The van der Waals surface area contributed by atoms with Gasteiger partial charge in [0.25, 0.3) is 0 Å². The number of nitrogens with zero attached hydrogens (tertiary/aromatic N) is 1. The van der Waals surface area contributed by atoms with E-state index < -0.39 is 0 Å². The summed E-state index contributed by atoms with van der Waals surface area (Å²) in [5, 5.41) is 13.8. The Hall–Kier alpha value is -2.33.